The Labute approximate surface area is 98.7 Å². The molecule has 2 atom stereocenters. The van der Waals surface area contributed by atoms with Gasteiger partial charge in [0.2, 0.25) is 0 Å². The van der Waals surface area contributed by atoms with E-state index >= 15 is 0 Å². The normalized spacial score (nSPS) is 15.1. The van der Waals surface area contributed by atoms with Crippen LogP contribution in [0.4, 0.5) is 0 Å². The van der Waals surface area contributed by atoms with Crippen molar-refractivity contribution in [1.82, 2.24) is 0 Å². The fraction of sp³-hybridized carbons (Fsp3) is 0.714. The van der Waals surface area contributed by atoms with Crippen molar-refractivity contribution in [3.05, 3.63) is 22.4 Å². The van der Waals surface area contributed by atoms with Crippen molar-refractivity contribution >= 4 is 11.3 Å². The number of hydrogen-bond acceptors (Lipinski definition) is 1. The van der Waals surface area contributed by atoms with Gasteiger partial charge < -0.3 is 0 Å². The van der Waals surface area contributed by atoms with Crippen molar-refractivity contribution < 1.29 is 0 Å². The van der Waals surface area contributed by atoms with Gasteiger partial charge in [-0.2, -0.15) is 0 Å². The van der Waals surface area contributed by atoms with E-state index in [-0.39, 0.29) is 0 Å². The average molecular weight is 224 g/mol. The van der Waals surface area contributed by atoms with Crippen LogP contribution in [-0.2, 0) is 6.42 Å². The topological polar surface area (TPSA) is 0 Å². The molecule has 0 N–H and O–H groups in total. The third-order valence-corrected chi connectivity index (χ3v) is 4.31. The van der Waals surface area contributed by atoms with Crippen molar-refractivity contribution in [3.63, 3.8) is 0 Å². The summed E-state index contributed by atoms with van der Waals surface area (Å²) >= 11 is 1.91. The summed E-state index contributed by atoms with van der Waals surface area (Å²) in [6.45, 7) is 7.00. The quantitative estimate of drug-likeness (QED) is 0.601. The first-order valence-electron chi connectivity index (χ1n) is 6.28. The molecular weight excluding hydrogens is 200 g/mol. The Morgan fingerprint density at radius 1 is 1.20 bits per heavy atom. The molecule has 0 amide bonds. The van der Waals surface area contributed by atoms with Gasteiger partial charge in [0.15, 0.2) is 0 Å². The van der Waals surface area contributed by atoms with Gasteiger partial charge in [0.25, 0.3) is 0 Å². The zero-order chi connectivity index (χ0) is 11.1. The van der Waals surface area contributed by atoms with Gasteiger partial charge in [0, 0.05) is 4.88 Å². The first-order chi connectivity index (χ1) is 7.26. The lowest BCUT2D eigenvalue weighted by Crippen LogP contribution is -2.05. The van der Waals surface area contributed by atoms with Crippen LogP contribution < -0.4 is 0 Å². The first-order valence-corrected chi connectivity index (χ1v) is 7.16. The van der Waals surface area contributed by atoms with Crippen LogP contribution in [0.25, 0.3) is 0 Å². The molecule has 1 heterocycles. The molecule has 0 saturated heterocycles. The molecule has 1 aromatic heterocycles. The van der Waals surface area contributed by atoms with E-state index in [1.807, 2.05) is 11.3 Å². The molecular formula is C14H24S. The molecule has 0 fully saturated rings. The Balaban J connectivity index is 2.30. The predicted molar refractivity (Wildman–Crippen MR) is 70.5 cm³/mol. The van der Waals surface area contributed by atoms with E-state index in [1.165, 1.54) is 32.1 Å². The Bertz CT molecular complexity index is 238. The first kappa shape index (κ1) is 12.8. The summed E-state index contributed by atoms with van der Waals surface area (Å²) in [5.74, 6) is 1.81. The average Bonchev–Trinajstić information content (AvgIpc) is 2.76. The lowest BCUT2D eigenvalue weighted by molar-refractivity contribution is 0.393. The maximum absolute atomic E-state index is 2.37. The SMILES string of the molecule is CCC(C)CCC(CC)Cc1cccs1. The van der Waals surface area contributed by atoms with Crippen LogP contribution in [0.2, 0.25) is 0 Å². The molecule has 0 aliphatic heterocycles. The Morgan fingerprint density at radius 3 is 2.53 bits per heavy atom. The Kier molecular flexibility index (Phi) is 6.00. The molecule has 0 nitrogen and oxygen atoms in total. The third kappa shape index (κ3) is 4.83. The van der Waals surface area contributed by atoms with Crippen LogP contribution in [0, 0.1) is 11.8 Å². The largest absolute Gasteiger partial charge is 0.149 e. The minimum absolute atomic E-state index is 0.901. The van der Waals surface area contributed by atoms with Crippen LogP contribution in [0.15, 0.2) is 17.5 Å². The molecule has 1 heteroatoms. The monoisotopic (exact) mass is 224 g/mol. The lowest BCUT2D eigenvalue weighted by Gasteiger charge is -2.16. The van der Waals surface area contributed by atoms with Crippen LogP contribution in [0.5, 0.6) is 0 Å². The standard InChI is InChI=1S/C14H24S/c1-4-12(3)8-9-13(5-2)11-14-7-6-10-15-14/h6-7,10,12-13H,4-5,8-9,11H2,1-3H3. The summed E-state index contributed by atoms with van der Waals surface area (Å²) in [7, 11) is 0. The summed E-state index contributed by atoms with van der Waals surface area (Å²) in [6, 6.07) is 4.44. The van der Waals surface area contributed by atoms with E-state index in [0.717, 1.165) is 11.8 Å². The second-order valence-corrected chi connectivity index (χ2v) is 5.68. The van der Waals surface area contributed by atoms with Crippen LogP contribution >= 0.6 is 11.3 Å². The van der Waals surface area contributed by atoms with Crippen molar-refractivity contribution in [3.8, 4) is 0 Å². The van der Waals surface area contributed by atoms with Gasteiger partial charge in [0.1, 0.15) is 0 Å². The molecule has 15 heavy (non-hydrogen) atoms. The minimum Gasteiger partial charge on any atom is -0.149 e. The van der Waals surface area contributed by atoms with Gasteiger partial charge in [-0.3, -0.25) is 0 Å². The highest BCUT2D eigenvalue weighted by atomic mass is 32.1. The Hall–Kier alpha value is -0.300. The van der Waals surface area contributed by atoms with Crippen LogP contribution in [0.3, 0.4) is 0 Å². The van der Waals surface area contributed by atoms with Gasteiger partial charge in [-0.05, 0) is 36.1 Å². The molecule has 0 aliphatic rings. The van der Waals surface area contributed by atoms with E-state index in [2.05, 4.69) is 38.3 Å². The van der Waals surface area contributed by atoms with E-state index in [4.69, 9.17) is 0 Å². The summed E-state index contributed by atoms with van der Waals surface area (Å²) in [5, 5.41) is 2.19. The molecule has 0 radical (unpaired) electrons. The van der Waals surface area contributed by atoms with Gasteiger partial charge in [-0.25, -0.2) is 0 Å². The van der Waals surface area contributed by atoms with Gasteiger partial charge in [-0.1, -0.05) is 46.1 Å². The van der Waals surface area contributed by atoms with Gasteiger partial charge in [-0.15, -0.1) is 11.3 Å². The lowest BCUT2D eigenvalue weighted by atomic mass is 9.91. The van der Waals surface area contributed by atoms with E-state index in [0.29, 0.717) is 0 Å². The highest BCUT2D eigenvalue weighted by molar-refractivity contribution is 7.09. The summed E-state index contributed by atoms with van der Waals surface area (Å²) in [4.78, 5) is 1.56. The van der Waals surface area contributed by atoms with Crippen molar-refractivity contribution in [2.24, 2.45) is 11.8 Å². The molecule has 0 aliphatic carbocycles. The van der Waals surface area contributed by atoms with Gasteiger partial charge in [0.05, 0.1) is 0 Å². The Morgan fingerprint density at radius 2 is 2.00 bits per heavy atom. The fourth-order valence-electron chi connectivity index (χ4n) is 1.89. The van der Waals surface area contributed by atoms with E-state index < -0.39 is 0 Å². The maximum Gasteiger partial charge on any atom is 0.00479 e. The maximum atomic E-state index is 2.37. The number of hydrogen-bond donors (Lipinski definition) is 0. The summed E-state index contributed by atoms with van der Waals surface area (Å²) in [5.41, 5.74) is 0. The third-order valence-electron chi connectivity index (χ3n) is 3.41. The van der Waals surface area contributed by atoms with Gasteiger partial charge >= 0.3 is 0 Å². The molecule has 1 aromatic rings. The second-order valence-electron chi connectivity index (χ2n) is 4.65. The smallest absolute Gasteiger partial charge is 0.00479 e. The molecule has 0 saturated carbocycles. The molecule has 0 spiro atoms. The molecule has 0 aromatic carbocycles. The van der Waals surface area contributed by atoms with E-state index in [1.54, 1.807) is 4.88 Å². The second kappa shape index (κ2) is 7.05. The van der Waals surface area contributed by atoms with Crippen molar-refractivity contribution in [2.75, 3.05) is 0 Å². The molecule has 86 valence electrons. The zero-order valence-electron chi connectivity index (χ0n) is 10.3. The number of thiophene rings is 1. The van der Waals surface area contributed by atoms with Crippen LogP contribution in [0.1, 0.15) is 51.3 Å². The summed E-state index contributed by atoms with van der Waals surface area (Å²) in [6.07, 6.45) is 6.76. The van der Waals surface area contributed by atoms with E-state index in [9.17, 15) is 0 Å². The minimum atomic E-state index is 0.901. The fourth-order valence-corrected chi connectivity index (χ4v) is 2.71. The summed E-state index contributed by atoms with van der Waals surface area (Å²) < 4.78 is 0. The highest BCUT2D eigenvalue weighted by Crippen LogP contribution is 2.23. The number of rotatable bonds is 7. The van der Waals surface area contributed by atoms with Crippen LogP contribution in [-0.4, -0.2) is 0 Å². The molecule has 2 unspecified atom stereocenters. The van der Waals surface area contributed by atoms with Crippen molar-refractivity contribution in [1.29, 1.82) is 0 Å². The molecule has 0 bridgehead atoms. The molecule has 1 rings (SSSR count). The predicted octanol–water partition coefficient (Wildman–Crippen LogP) is 5.14. The zero-order valence-corrected chi connectivity index (χ0v) is 11.1. The highest BCUT2D eigenvalue weighted by Gasteiger charge is 2.09. The van der Waals surface area contributed by atoms with Crippen molar-refractivity contribution in [2.45, 2.75) is 52.9 Å².